The summed E-state index contributed by atoms with van der Waals surface area (Å²) in [5.41, 5.74) is 0. The van der Waals surface area contributed by atoms with Crippen LogP contribution in [0.3, 0.4) is 0 Å². The Morgan fingerprint density at radius 3 is 2.76 bits per heavy atom. The Morgan fingerprint density at radius 1 is 1.47 bits per heavy atom. The molecule has 0 amide bonds. The summed E-state index contributed by atoms with van der Waals surface area (Å²) in [6.45, 7) is 5.14. The van der Waals surface area contributed by atoms with Crippen molar-refractivity contribution in [3.05, 3.63) is 22.4 Å². The molecule has 1 aromatic heterocycles. The molecule has 5 heteroatoms. The Morgan fingerprint density at radius 2 is 2.24 bits per heavy atom. The highest BCUT2D eigenvalue weighted by Gasteiger charge is 2.04. The van der Waals surface area contributed by atoms with E-state index >= 15 is 0 Å². The highest BCUT2D eigenvalue weighted by molar-refractivity contribution is 7.09. The van der Waals surface area contributed by atoms with E-state index in [1.807, 2.05) is 0 Å². The van der Waals surface area contributed by atoms with Crippen molar-refractivity contribution in [1.82, 2.24) is 4.90 Å². The van der Waals surface area contributed by atoms with Gasteiger partial charge in [0.2, 0.25) is 0 Å². The Labute approximate surface area is 113 Å². The van der Waals surface area contributed by atoms with Gasteiger partial charge in [0.15, 0.2) is 0 Å². The van der Waals surface area contributed by atoms with Crippen molar-refractivity contribution < 1.29 is 9.90 Å². The van der Waals surface area contributed by atoms with Gasteiger partial charge in [-0.2, -0.15) is 0 Å². The van der Waals surface area contributed by atoms with E-state index in [0.29, 0.717) is 0 Å². The Bertz CT molecular complexity index is 303. The lowest BCUT2D eigenvalue weighted by atomic mass is 10.2. The number of thiophene rings is 1. The molecule has 0 aromatic carbocycles. The van der Waals surface area contributed by atoms with Gasteiger partial charge in [0.25, 0.3) is 0 Å². The lowest BCUT2D eigenvalue weighted by Gasteiger charge is -2.19. The molecule has 17 heavy (non-hydrogen) atoms. The summed E-state index contributed by atoms with van der Waals surface area (Å²) in [5, 5.41) is 10.6. The SMILES string of the molecule is CCN(CCCCC(=O)O)Cc1cccs1.Cl. The van der Waals surface area contributed by atoms with Gasteiger partial charge in [-0.15, -0.1) is 23.7 Å². The summed E-state index contributed by atoms with van der Waals surface area (Å²) in [6, 6.07) is 4.21. The van der Waals surface area contributed by atoms with Crippen molar-refractivity contribution in [2.45, 2.75) is 32.7 Å². The van der Waals surface area contributed by atoms with Crippen LogP contribution in [-0.2, 0) is 11.3 Å². The molecule has 1 heterocycles. The smallest absolute Gasteiger partial charge is 0.303 e. The molecule has 0 bridgehead atoms. The monoisotopic (exact) mass is 277 g/mol. The van der Waals surface area contributed by atoms with Crippen LogP contribution in [0.2, 0.25) is 0 Å². The molecule has 0 aliphatic rings. The summed E-state index contributed by atoms with van der Waals surface area (Å²) >= 11 is 1.77. The first-order chi connectivity index (χ1) is 7.72. The number of hydrogen-bond donors (Lipinski definition) is 1. The van der Waals surface area contributed by atoms with Crippen molar-refractivity contribution >= 4 is 29.7 Å². The van der Waals surface area contributed by atoms with Crippen molar-refractivity contribution in [2.24, 2.45) is 0 Å². The number of carboxylic acid groups (broad SMARTS) is 1. The molecule has 0 radical (unpaired) electrons. The molecule has 0 aliphatic carbocycles. The maximum atomic E-state index is 10.4. The molecular weight excluding hydrogens is 258 g/mol. The van der Waals surface area contributed by atoms with Gasteiger partial charge in [-0.1, -0.05) is 13.0 Å². The predicted molar refractivity (Wildman–Crippen MR) is 74.0 cm³/mol. The number of nitrogens with zero attached hydrogens (tertiary/aromatic N) is 1. The second-order valence-electron chi connectivity index (χ2n) is 3.80. The van der Waals surface area contributed by atoms with Crippen LogP contribution in [0.25, 0.3) is 0 Å². The highest BCUT2D eigenvalue weighted by Crippen LogP contribution is 2.12. The standard InChI is InChI=1S/C12H19NO2S.ClH/c1-2-13(8-4-3-7-12(14)15)10-11-6-5-9-16-11;/h5-6,9H,2-4,7-8,10H2,1H3,(H,14,15);1H. The van der Waals surface area contributed by atoms with Crippen molar-refractivity contribution in [3.8, 4) is 0 Å². The van der Waals surface area contributed by atoms with Gasteiger partial charge in [-0.3, -0.25) is 9.69 Å². The summed E-state index contributed by atoms with van der Waals surface area (Å²) in [6.07, 6.45) is 2.03. The van der Waals surface area contributed by atoms with Crippen molar-refractivity contribution in [2.75, 3.05) is 13.1 Å². The summed E-state index contributed by atoms with van der Waals surface area (Å²) in [7, 11) is 0. The van der Waals surface area contributed by atoms with E-state index < -0.39 is 5.97 Å². The number of rotatable bonds is 8. The zero-order chi connectivity index (χ0) is 11.8. The Kier molecular flexibility index (Phi) is 9.13. The molecule has 3 nitrogen and oxygen atoms in total. The largest absolute Gasteiger partial charge is 0.481 e. The molecule has 0 fully saturated rings. The lowest BCUT2D eigenvalue weighted by molar-refractivity contribution is -0.137. The molecule has 1 N–H and O–H groups in total. The molecule has 0 aliphatic heterocycles. The minimum atomic E-state index is -0.693. The van der Waals surface area contributed by atoms with E-state index in [9.17, 15) is 4.79 Å². The van der Waals surface area contributed by atoms with Crippen LogP contribution in [0.5, 0.6) is 0 Å². The van der Waals surface area contributed by atoms with Gasteiger partial charge in [-0.05, 0) is 37.4 Å². The quantitative estimate of drug-likeness (QED) is 0.742. The number of unbranched alkanes of at least 4 members (excludes halogenated alkanes) is 1. The molecular formula is C12H20ClNO2S. The zero-order valence-corrected chi connectivity index (χ0v) is 11.7. The van der Waals surface area contributed by atoms with Crippen LogP contribution in [0.4, 0.5) is 0 Å². The van der Waals surface area contributed by atoms with Gasteiger partial charge >= 0.3 is 5.97 Å². The average Bonchev–Trinajstić information content (AvgIpc) is 2.75. The van der Waals surface area contributed by atoms with E-state index in [1.54, 1.807) is 11.3 Å². The average molecular weight is 278 g/mol. The normalized spacial score (nSPS) is 10.2. The van der Waals surface area contributed by atoms with E-state index in [2.05, 4.69) is 29.3 Å². The molecule has 0 unspecified atom stereocenters. The van der Waals surface area contributed by atoms with Crippen LogP contribution in [-0.4, -0.2) is 29.1 Å². The summed E-state index contributed by atoms with van der Waals surface area (Å²) < 4.78 is 0. The third-order valence-corrected chi connectivity index (χ3v) is 3.38. The fraction of sp³-hybridized carbons (Fsp3) is 0.583. The number of carboxylic acids is 1. The first-order valence-electron chi connectivity index (χ1n) is 5.69. The van der Waals surface area contributed by atoms with Crippen LogP contribution < -0.4 is 0 Å². The first-order valence-corrected chi connectivity index (χ1v) is 6.57. The van der Waals surface area contributed by atoms with E-state index in [0.717, 1.165) is 32.5 Å². The lowest BCUT2D eigenvalue weighted by Crippen LogP contribution is -2.23. The van der Waals surface area contributed by atoms with Crippen LogP contribution >= 0.6 is 23.7 Å². The van der Waals surface area contributed by atoms with Gasteiger partial charge < -0.3 is 5.11 Å². The minimum absolute atomic E-state index is 0. The van der Waals surface area contributed by atoms with E-state index in [-0.39, 0.29) is 18.8 Å². The molecule has 0 spiro atoms. The van der Waals surface area contributed by atoms with Crippen LogP contribution in [0.1, 0.15) is 31.1 Å². The molecule has 1 rings (SSSR count). The van der Waals surface area contributed by atoms with Crippen molar-refractivity contribution in [3.63, 3.8) is 0 Å². The number of carbonyl (C=O) groups is 1. The fourth-order valence-electron chi connectivity index (χ4n) is 1.58. The Balaban J connectivity index is 0.00000256. The zero-order valence-electron chi connectivity index (χ0n) is 10.1. The van der Waals surface area contributed by atoms with Crippen LogP contribution in [0.15, 0.2) is 17.5 Å². The molecule has 0 atom stereocenters. The second kappa shape index (κ2) is 9.45. The first kappa shape index (κ1) is 16.4. The molecule has 1 aromatic rings. The summed E-state index contributed by atoms with van der Waals surface area (Å²) in [4.78, 5) is 14.1. The van der Waals surface area contributed by atoms with E-state index in [4.69, 9.17) is 5.11 Å². The second-order valence-corrected chi connectivity index (χ2v) is 4.83. The predicted octanol–water partition coefficient (Wildman–Crippen LogP) is 3.25. The molecule has 98 valence electrons. The molecule has 0 saturated heterocycles. The Hall–Kier alpha value is -0.580. The van der Waals surface area contributed by atoms with Crippen LogP contribution in [0, 0.1) is 0 Å². The maximum absolute atomic E-state index is 10.4. The molecule has 0 saturated carbocycles. The number of aliphatic carboxylic acids is 1. The number of halogens is 1. The van der Waals surface area contributed by atoms with Gasteiger partial charge in [0.1, 0.15) is 0 Å². The number of hydrogen-bond acceptors (Lipinski definition) is 3. The third kappa shape index (κ3) is 7.36. The minimum Gasteiger partial charge on any atom is -0.481 e. The van der Waals surface area contributed by atoms with Gasteiger partial charge in [0, 0.05) is 17.8 Å². The third-order valence-electron chi connectivity index (χ3n) is 2.52. The summed E-state index contributed by atoms with van der Waals surface area (Å²) in [5.74, 6) is -0.693. The van der Waals surface area contributed by atoms with Crippen molar-refractivity contribution in [1.29, 1.82) is 0 Å². The highest BCUT2D eigenvalue weighted by atomic mass is 35.5. The van der Waals surface area contributed by atoms with Gasteiger partial charge in [-0.25, -0.2) is 0 Å². The van der Waals surface area contributed by atoms with E-state index in [1.165, 1.54) is 4.88 Å². The topological polar surface area (TPSA) is 40.5 Å². The fourth-order valence-corrected chi connectivity index (χ4v) is 2.33. The maximum Gasteiger partial charge on any atom is 0.303 e. The van der Waals surface area contributed by atoms with Gasteiger partial charge in [0.05, 0.1) is 0 Å².